The second kappa shape index (κ2) is 6.01. The van der Waals surface area contributed by atoms with Crippen LogP contribution in [-0.2, 0) is 0 Å². The molecule has 0 bridgehead atoms. The van der Waals surface area contributed by atoms with Gasteiger partial charge in [0, 0.05) is 6.07 Å². The zero-order chi connectivity index (χ0) is 14.5. The Morgan fingerprint density at radius 2 is 1.14 bits per heavy atom. The molecule has 0 heterocycles. The molecule has 0 saturated carbocycles. The third-order valence-electron chi connectivity index (χ3n) is 2.87. The fourth-order valence-electron chi connectivity index (χ4n) is 1.91. The van der Waals surface area contributed by atoms with Gasteiger partial charge in [-0.1, -0.05) is 36.4 Å². The largest absolute Gasteiger partial charge is 0.508 e. The van der Waals surface area contributed by atoms with E-state index in [0.29, 0.717) is 17.2 Å². The van der Waals surface area contributed by atoms with Crippen molar-refractivity contribution in [2.75, 3.05) is 0 Å². The molecule has 0 aliphatic heterocycles. The number of phenols is 1. The van der Waals surface area contributed by atoms with Crippen LogP contribution in [0.25, 0.3) is 0 Å². The normalized spacial score (nSPS) is 10.1. The summed E-state index contributed by atoms with van der Waals surface area (Å²) in [5, 5.41) is 9.48. The lowest BCUT2D eigenvalue weighted by Gasteiger charge is -2.12. The first-order valence-electron chi connectivity index (χ1n) is 6.60. The molecule has 0 aliphatic carbocycles. The summed E-state index contributed by atoms with van der Waals surface area (Å²) < 4.78 is 11.6. The van der Waals surface area contributed by atoms with Crippen LogP contribution in [0.4, 0.5) is 0 Å². The summed E-state index contributed by atoms with van der Waals surface area (Å²) in [5.41, 5.74) is 0. The highest BCUT2D eigenvalue weighted by Crippen LogP contribution is 2.35. The minimum Gasteiger partial charge on any atom is -0.508 e. The van der Waals surface area contributed by atoms with Crippen molar-refractivity contribution >= 4 is 0 Å². The van der Waals surface area contributed by atoms with Gasteiger partial charge in [-0.05, 0) is 36.4 Å². The number of ether oxygens (including phenoxy) is 2. The second-order valence-electron chi connectivity index (χ2n) is 4.46. The van der Waals surface area contributed by atoms with Gasteiger partial charge in [0.2, 0.25) is 0 Å². The zero-order valence-corrected chi connectivity index (χ0v) is 11.3. The lowest BCUT2D eigenvalue weighted by molar-refractivity contribution is 0.414. The van der Waals surface area contributed by atoms with Crippen molar-refractivity contribution in [2.24, 2.45) is 0 Å². The van der Waals surface area contributed by atoms with Crippen LogP contribution in [0.5, 0.6) is 28.7 Å². The maximum Gasteiger partial charge on any atom is 0.169 e. The third-order valence-corrected chi connectivity index (χ3v) is 2.87. The minimum absolute atomic E-state index is 0.161. The fraction of sp³-hybridized carbons (Fsp3) is 0. The molecule has 0 amide bonds. The van der Waals surface area contributed by atoms with Gasteiger partial charge >= 0.3 is 0 Å². The molecule has 0 fully saturated rings. The lowest BCUT2D eigenvalue weighted by atomic mass is 10.3. The third kappa shape index (κ3) is 3.34. The molecule has 0 unspecified atom stereocenters. The van der Waals surface area contributed by atoms with Crippen molar-refractivity contribution < 1.29 is 14.6 Å². The molecule has 1 N–H and O–H groups in total. The molecular formula is C18H14O3. The smallest absolute Gasteiger partial charge is 0.169 e. The van der Waals surface area contributed by atoms with Crippen LogP contribution in [0, 0.1) is 0 Å². The first-order valence-corrected chi connectivity index (χ1v) is 6.60. The van der Waals surface area contributed by atoms with Gasteiger partial charge in [-0.3, -0.25) is 0 Å². The average molecular weight is 278 g/mol. The molecule has 3 aromatic rings. The highest BCUT2D eigenvalue weighted by atomic mass is 16.5. The standard InChI is InChI=1S/C18H14O3/c19-14-7-6-10-16(13-14)21-18-12-5-4-11-17(18)20-15-8-2-1-3-9-15/h1-13,19H. The van der Waals surface area contributed by atoms with Crippen molar-refractivity contribution in [3.05, 3.63) is 78.9 Å². The van der Waals surface area contributed by atoms with Crippen LogP contribution in [0.3, 0.4) is 0 Å². The van der Waals surface area contributed by atoms with Crippen molar-refractivity contribution in [2.45, 2.75) is 0 Å². The Morgan fingerprint density at radius 3 is 1.81 bits per heavy atom. The van der Waals surface area contributed by atoms with E-state index < -0.39 is 0 Å². The maximum absolute atomic E-state index is 9.48. The Morgan fingerprint density at radius 1 is 0.571 bits per heavy atom. The number of hydrogen-bond acceptors (Lipinski definition) is 3. The van der Waals surface area contributed by atoms with E-state index in [-0.39, 0.29) is 5.75 Å². The molecule has 0 atom stereocenters. The van der Waals surface area contributed by atoms with Gasteiger partial charge in [-0.2, -0.15) is 0 Å². The molecule has 104 valence electrons. The van der Waals surface area contributed by atoms with Gasteiger partial charge in [-0.15, -0.1) is 0 Å². The first kappa shape index (κ1) is 13.1. The summed E-state index contributed by atoms with van der Waals surface area (Å²) in [6.45, 7) is 0. The van der Waals surface area contributed by atoms with Crippen molar-refractivity contribution in [1.29, 1.82) is 0 Å². The molecule has 21 heavy (non-hydrogen) atoms. The molecule has 0 spiro atoms. The summed E-state index contributed by atoms with van der Waals surface area (Å²) in [6, 6.07) is 23.6. The van der Waals surface area contributed by atoms with Gasteiger partial charge in [0.1, 0.15) is 17.2 Å². The quantitative estimate of drug-likeness (QED) is 0.731. The van der Waals surface area contributed by atoms with E-state index in [1.165, 1.54) is 0 Å². The van der Waals surface area contributed by atoms with Crippen molar-refractivity contribution in [3.8, 4) is 28.7 Å². The minimum atomic E-state index is 0.161. The molecule has 3 aromatic carbocycles. The summed E-state index contributed by atoms with van der Waals surface area (Å²) in [4.78, 5) is 0. The van der Waals surface area contributed by atoms with Crippen molar-refractivity contribution in [3.63, 3.8) is 0 Å². The molecule has 3 nitrogen and oxygen atoms in total. The van der Waals surface area contributed by atoms with Crippen LogP contribution >= 0.6 is 0 Å². The number of hydrogen-bond donors (Lipinski definition) is 1. The zero-order valence-electron chi connectivity index (χ0n) is 11.3. The number of aromatic hydroxyl groups is 1. The van der Waals surface area contributed by atoms with Crippen LogP contribution < -0.4 is 9.47 Å². The van der Waals surface area contributed by atoms with Gasteiger partial charge in [0.15, 0.2) is 11.5 Å². The van der Waals surface area contributed by atoms with Crippen LogP contribution in [0.1, 0.15) is 0 Å². The summed E-state index contributed by atoms with van der Waals surface area (Å²) in [5.74, 6) is 2.66. The predicted octanol–water partition coefficient (Wildman–Crippen LogP) is 4.98. The molecule has 0 aliphatic rings. The van der Waals surface area contributed by atoms with E-state index in [4.69, 9.17) is 9.47 Å². The first-order chi connectivity index (χ1) is 10.3. The Balaban J connectivity index is 1.86. The summed E-state index contributed by atoms with van der Waals surface area (Å²) in [7, 11) is 0. The molecule has 3 heteroatoms. The number of phenolic OH excluding ortho intramolecular Hbond substituents is 1. The Labute approximate surface area is 123 Å². The molecule has 3 rings (SSSR count). The maximum atomic E-state index is 9.48. The Hall–Kier alpha value is -2.94. The average Bonchev–Trinajstić information content (AvgIpc) is 2.50. The van der Waals surface area contributed by atoms with E-state index in [9.17, 15) is 5.11 Å². The van der Waals surface area contributed by atoms with Crippen LogP contribution in [0.15, 0.2) is 78.9 Å². The fourth-order valence-corrected chi connectivity index (χ4v) is 1.91. The van der Waals surface area contributed by atoms with E-state index in [1.807, 2.05) is 54.6 Å². The molecule has 0 radical (unpaired) electrons. The highest BCUT2D eigenvalue weighted by molar-refractivity contribution is 5.46. The van der Waals surface area contributed by atoms with E-state index in [2.05, 4.69) is 0 Å². The summed E-state index contributed by atoms with van der Waals surface area (Å²) in [6.07, 6.45) is 0. The Bertz CT molecular complexity index is 723. The monoisotopic (exact) mass is 278 g/mol. The number of rotatable bonds is 4. The van der Waals surface area contributed by atoms with Crippen molar-refractivity contribution in [1.82, 2.24) is 0 Å². The van der Waals surface area contributed by atoms with Crippen LogP contribution in [-0.4, -0.2) is 5.11 Å². The van der Waals surface area contributed by atoms with E-state index in [0.717, 1.165) is 5.75 Å². The van der Waals surface area contributed by atoms with Gasteiger partial charge in [-0.25, -0.2) is 0 Å². The SMILES string of the molecule is Oc1cccc(Oc2ccccc2Oc2ccccc2)c1. The molecule has 0 aromatic heterocycles. The number of benzene rings is 3. The summed E-state index contributed by atoms with van der Waals surface area (Å²) >= 11 is 0. The molecular weight excluding hydrogens is 264 g/mol. The number of para-hydroxylation sites is 3. The lowest BCUT2D eigenvalue weighted by Crippen LogP contribution is -1.89. The predicted molar refractivity (Wildman–Crippen MR) is 81.1 cm³/mol. The highest BCUT2D eigenvalue weighted by Gasteiger charge is 2.07. The van der Waals surface area contributed by atoms with E-state index >= 15 is 0 Å². The van der Waals surface area contributed by atoms with Crippen LogP contribution in [0.2, 0.25) is 0 Å². The second-order valence-corrected chi connectivity index (χ2v) is 4.46. The van der Waals surface area contributed by atoms with Gasteiger partial charge < -0.3 is 14.6 Å². The Kier molecular flexibility index (Phi) is 3.74. The molecule has 0 saturated heterocycles. The van der Waals surface area contributed by atoms with Gasteiger partial charge in [0.25, 0.3) is 0 Å². The van der Waals surface area contributed by atoms with E-state index in [1.54, 1.807) is 24.3 Å². The van der Waals surface area contributed by atoms with Gasteiger partial charge in [0.05, 0.1) is 0 Å². The topological polar surface area (TPSA) is 38.7 Å².